The maximum absolute atomic E-state index is 5.82. The highest BCUT2D eigenvalue weighted by Gasteiger charge is 2.01. The molecule has 3 nitrogen and oxygen atoms in total. The van der Waals surface area contributed by atoms with Crippen LogP contribution in [0.25, 0.3) is 0 Å². The van der Waals surface area contributed by atoms with Gasteiger partial charge in [-0.2, -0.15) is 0 Å². The van der Waals surface area contributed by atoms with Gasteiger partial charge < -0.3 is 10.1 Å². The van der Waals surface area contributed by atoms with Gasteiger partial charge in [0.2, 0.25) is 0 Å². The average Bonchev–Trinajstić information content (AvgIpc) is 2.28. The van der Waals surface area contributed by atoms with Crippen LogP contribution in [0.5, 0.6) is 11.5 Å². The molecule has 0 unspecified atom stereocenters. The molecule has 1 heterocycles. The molecule has 0 aliphatic rings. The number of nitrogens with zero attached hydrogens (tertiary/aromatic N) is 1. The number of ether oxygens (including phenoxy) is 1. The lowest BCUT2D eigenvalue weighted by atomic mass is 10.1. The Hall–Kier alpha value is -2.03. The van der Waals surface area contributed by atoms with Crippen molar-refractivity contribution in [3.63, 3.8) is 0 Å². The summed E-state index contributed by atoms with van der Waals surface area (Å²) in [7, 11) is 0. The van der Waals surface area contributed by atoms with Crippen LogP contribution in [-0.2, 0) is 0 Å². The van der Waals surface area contributed by atoms with E-state index in [1.165, 1.54) is 11.1 Å². The Balaban J connectivity index is 2.20. The van der Waals surface area contributed by atoms with Crippen LogP contribution in [0.2, 0.25) is 0 Å². The lowest BCUT2D eigenvalue weighted by molar-refractivity contribution is 0.480. The van der Waals surface area contributed by atoms with Gasteiger partial charge in [0.15, 0.2) is 0 Å². The number of hydrogen-bond donors (Lipinski definition) is 1. The Labute approximate surface area is 108 Å². The van der Waals surface area contributed by atoms with Crippen molar-refractivity contribution in [1.29, 1.82) is 0 Å². The van der Waals surface area contributed by atoms with E-state index in [1.807, 2.05) is 18.2 Å². The van der Waals surface area contributed by atoms with E-state index < -0.39 is 0 Å². The van der Waals surface area contributed by atoms with Crippen LogP contribution in [0.1, 0.15) is 18.1 Å². The first-order chi connectivity index (χ1) is 8.67. The molecule has 0 spiro atoms. The zero-order valence-electron chi connectivity index (χ0n) is 11.0. The minimum Gasteiger partial charge on any atom is -0.456 e. The molecular weight excluding hydrogens is 224 g/mol. The van der Waals surface area contributed by atoms with Crippen LogP contribution in [0.4, 0.5) is 5.69 Å². The molecule has 2 rings (SSSR count). The zero-order chi connectivity index (χ0) is 13.0. The molecular formula is C15H18N2O. The van der Waals surface area contributed by atoms with Gasteiger partial charge in [-0.25, -0.2) is 0 Å². The lowest BCUT2D eigenvalue weighted by Gasteiger charge is -2.09. The maximum atomic E-state index is 5.82. The Bertz CT molecular complexity index is 518. The van der Waals surface area contributed by atoms with Crippen molar-refractivity contribution in [2.24, 2.45) is 0 Å². The smallest absolute Gasteiger partial charge is 0.147 e. The number of anilines is 1. The quantitative estimate of drug-likeness (QED) is 0.882. The van der Waals surface area contributed by atoms with E-state index in [0.717, 1.165) is 23.7 Å². The minimum atomic E-state index is 0.749. The van der Waals surface area contributed by atoms with E-state index in [-0.39, 0.29) is 0 Å². The number of aryl methyl sites for hydroxylation is 2. The third kappa shape index (κ3) is 3.23. The van der Waals surface area contributed by atoms with Crippen LogP contribution in [0, 0.1) is 13.8 Å². The zero-order valence-corrected chi connectivity index (χ0v) is 11.0. The fourth-order valence-electron chi connectivity index (χ4n) is 1.90. The summed E-state index contributed by atoms with van der Waals surface area (Å²) in [6.45, 7) is 7.05. The molecule has 1 aromatic carbocycles. The summed E-state index contributed by atoms with van der Waals surface area (Å²) in [5, 5.41) is 3.21. The van der Waals surface area contributed by atoms with E-state index >= 15 is 0 Å². The lowest BCUT2D eigenvalue weighted by Crippen LogP contribution is -1.97. The van der Waals surface area contributed by atoms with Crippen LogP contribution >= 0.6 is 0 Å². The molecule has 1 N–H and O–H groups in total. The van der Waals surface area contributed by atoms with Crippen LogP contribution in [0.3, 0.4) is 0 Å². The highest BCUT2D eigenvalue weighted by atomic mass is 16.5. The number of pyridine rings is 1. The summed E-state index contributed by atoms with van der Waals surface area (Å²) in [4.78, 5) is 4.16. The number of rotatable bonds is 4. The van der Waals surface area contributed by atoms with Crippen molar-refractivity contribution < 1.29 is 4.74 Å². The normalized spacial score (nSPS) is 10.2. The molecule has 0 atom stereocenters. The number of hydrogen-bond acceptors (Lipinski definition) is 3. The van der Waals surface area contributed by atoms with Gasteiger partial charge in [-0.1, -0.05) is 6.07 Å². The van der Waals surface area contributed by atoms with Crippen LogP contribution in [-0.4, -0.2) is 11.5 Å². The van der Waals surface area contributed by atoms with Gasteiger partial charge >= 0.3 is 0 Å². The highest BCUT2D eigenvalue weighted by Crippen LogP contribution is 2.24. The van der Waals surface area contributed by atoms with Crippen molar-refractivity contribution >= 4 is 5.69 Å². The van der Waals surface area contributed by atoms with Gasteiger partial charge in [0.25, 0.3) is 0 Å². The average molecular weight is 242 g/mol. The van der Waals surface area contributed by atoms with Crippen molar-refractivity contribution in [1.82, 2.24) is 4.98 Å². The summed E-state index contributed by atoms with van der Waals surface area (Å²) >= 11 is 0. The largest absolute Gasteiger partial charge is 0.456 e. The van der Waals surface area contributed by atoms with Gasteiger partial charge in [-0.15, -0.1) is 0 Å². The second-order valence-corrected chi connectivity index (χ2v) is 4.37. The molecule has 0 radical (unpaired) electrons. The highest BCUT2D eigenvalue weighted by molar-refractivity contribution is 5.46. The summed E-state index contributed by atoms with van der Waals surface area (Å²) in [5.74, 6) is 1.60. The van der Waals surface area contributed by atoms with Crippen LogP contribution in [0.15, 0.2) is 36.7 Å². The number of aromatic nitrogens is 1. The second kappa shape index (κ2) is 5.54. The van der Waals surface area contributed by atoms with E-state index in [0.29, 0.717) is 0 Å². The Morgan fingerprint density at radius 3 is 2.39 bits per heavy atom. The fraction of sp³-hybridized carbons (Fsp3) is 0.267. The monoisotopic (exact) mass is 242 g/mol. The predicted octanol–water partition coefficient (Wildman–Crippen LogP) is 3.92. The van der Waals surface area contributed by atoms with Crippen molar-refractivity contribution in [2.45, 2.75) is 20.8 Å². The SMILES string of the molecule is CCNc1cncc(Oc2cc(C)cc(C)c2)c1. The number of nitrogens with one attached hydrogen (secondary N) is 1. The van der Waals surface area contributed by atoms with Crippen molar-refractivity contribution in [2.75, 3.05) is 11.9 Å². The van der Waals surface area contributed by atoms with E-state index in [9.17, 15) is 0 Å². The summed E-state index contributed by atoms with van der Waals surface area (Å²) in [6, 6.07) is 8.12. The molecule has 18 heavy (non-hydrogen) atoms. The van der Waals surface area contributed by atoms with Crippen molar-refractivity contribution in [3.8, 4) is 11.5 Å². The molecule has 0 aliphatic carbocycles. The van der Waals surface area contributed by atoms with Crippen molar-refractivity contribution in [3.05, 3.63) is 47.8 Å². The van der Waals surface area contributed by atoms with Gasteiger partial charge in [-0.3, -0.25) is 4.98 Å². The summed E-state index contributed by atoms with van der Waals surface area (Å²) in [6.07, 6.45) is 3.51. The van der Waals surface area contributed by atoms with Gasteiger partial charge in [0.05, 0.1) is 18.1 Å². The molecule has 3 heteroatoms. The molecule has 1 aromatic heterocycles. The molecule has 0 saturated carbocycles. The molecule has 0 aliphatic heterocycles. The van der Waals surface area contributed by atoms with Gasteiger partial charge in [0, 0.05) is 12.6 Å². The first-order valence-electron chi connectivity index (χ1n) is 6.12. The third-order valence-electron chi connectivity index (χ3n) is 2.52. The first-order valence-corrected chi connectivity index (χ1v) is 6.12. The maximum Gasteiger partial charge on any atom is 0.147 e. The Morgan fingerprint density at radius 2 is 1.72 bits per heavy atom. The first kappa shape index (κ1) is 12.4. The summed E-state index contributed by atoms with van der Waals surface area (Å²) in [5.41, 5.74) is 3.36. The molecule has 0 saturated heterocycles. The molecule has 94 valence electrons. The Kier molecular flexibility index (Phi) is 3.82. The predicted molar refractivity (Wildman–Crippen MR) is 74.4 cm³/mol. The molecule has 2 aromatic rings. The molecule has 0 fully saturated rings. The van der Waals surface area contributed by atoms with Gasteiger partial charge in [0.1, 0.15) is 11.5 Å². The standard InChI is InChI=1S/C15H18N2O/c1-4-17-13-8-15(10-16-9-13)18-14-6-11(2)5-12(3)7-14/h5-10,17H,4H2,1-3H3. The minimum absolute atomic E-state index is 0.749. The fourth-order valence-corrected chi connectivity index (χ4v) is 1.90. The molecule has 0 bridgehead atoms. The Morgan fingerprint density at radius 1 is 1.00 bits per heavy atom. The van der Waals surface area contributed by atoms with E-state index in [1.54, 1.807) is 12.4 Å². The summed E-state index contributed by atoms with van der Waals surface area (Å²) < 4.78 is 5.82. The van der Waals surface area contributed by atoms with E-state index in [2.05, 4.69) is 37.1 Å². The van der Waals surface area contributed by atoms with Gasteiger partial charge in [-0.05, 0) is 44.0 Å². The second-order valence-electron chi connectivity index (χ2n) is 4.37. The molecule has 0 amide bonds. The van der Waals surface area contributed by atoms with E-state index in [4.69, 9.17) is 4.74 Å². The number of benzene rings is 1. The topological polar surface area (TPSA) is 34.2 Å². The third-order valence-corrected chi connectivity index (χ3v) is 2.52. The van der Waals surface area contributed by atoms with Crippen LogP contribution < -0.4 is 10.1 Å².